The average molecular weight is 418 g/mol. The van der Waals surface area contributed by atoms with Gasteiger partial charge < -0.3 is 5.32 Å². The van der Waals surface area contributed by atoms with Gasteiger partial charge in [0, 0.05) is 23.6 Å². The molecule has 2 atom stereocenters. The molecule has 5 rings (SSSR count). The van der Waals surface area contributed by atoms with Crippen LogP contribution in [0.5, 0.6) is 0 Å². The van der Waals surface area contributed by atoms with Crippen molar-refractivity contribution in [3.8, 4) is 21.8 Å². The standard InChI is InChI=1S/C23H23N5OS/c1-2-22(29)25-17-11-12-18(13-17)28-20(14-24-27-28)15-7-9-16(10-8-15)23-26-19-5-3-4-6-21(19)30-23/h3-10,14,17-18H,2,11-13H2,1H3,(H,25,29)/t17-,18+/m0/s1. The molecule has 30 heavy (non-hydrogen) atoms. The Morgan fingerprint density at radius 2 is 1.93 bits per heavy atom. The monoisotopic (exact) mass is 417 g/mol. The number of rotatable bonds is 5. The lowest BCUT2D eigenvalue weighted by molar-refractivity contribution is -0.121. The first-order valence-electron chi connectivity index (χ1n) is 10.4. The molecule has 1 saturated carbocycles. The van der Waals surface area contributed by atoms with Gasteiger partial charge in [-0.3, -0.25) is 4.79 Å². The highest BCUT2D eigenvalue weighted by atomic mass is 32.1. The molecule has 152 valence electrons. The lowest BCUT2D eigenvalue weighted by Gasteiger charge is -2.15. The Balaban J connectivity index is 1.36. The van der Waals surface area contributed by atoms with Crippen LogP contribution >= 0.6 is 11.3 Å². The minimum Gasteiger partial charge on any atom is -0.353 e. The highest BCUT2D eigenvalue weighted by Crippen LogP contribution is 2.34. The van der Waals surface area contributed by atoms with Gasteiger partial charge in [-0.1, -0.05) is 48.5 Å². The van der Waals surface area contributed by atoms with Crippen molar-refractivity contribution in [2.75, 3.05) is 0 Å². The van der Waals surface area contributed by atoms with Gasteiger partial charge in [0.1, 0.15) is 5.01 Å². The lowest BCUT2D eigenvalue weighted by Crippen LogP contribution is -2.32. The van der Waals surface area contributed by atoms with E-state index in [1.165, 1.54) is 4.70 Å². The molecule has 1 amide bonds. The van der Waals surface area contributed by atoms with E-state index in [4.69, 9.17) is 4.98 Å². The molecule has 0 radical (unpaired) electrons. The first-order chi connectivity index (χ1) is 14.7. The van der Waals surface area contributed by atoms with Crippen LogP contribution in [0.3, 0.4) is 0 Å². The molecule has 0 spiro atoms. The Kier molecular flexibility index (Phi) is 5.04. The summed E-state index contributed by atoms with van der Waals surface area (Å²) in [6.45, 7) is 1.88. The van der Waals surface area contributed by atoms with Crippen LogP contribution in [-0.2, 0) is 4.79 Å². The van der Waals surface area contributed by atoms with Crippen LogP contribution in [0.1, 0.15) is 38.6 Å². The number of benzene rings is 2. The third-order valence-electron chi connectivity index (χ3n) is 5.73. The molecule has 1 N–H and O–H groups in total. The smallest absolute Gasteiger partial charge is 0.219 e. The largest absolute Gasteiger partial charge is 0.353 e. The van der Waals surface area contributed by atoms with E-state index in [0.29, 0.717) is 6.42 Å². The van der Waals surface area contributed by atoms with E-state index < -0.39 is 0 Å². The van der Waals surface area contributed by atoms with Crippen LogP contribution in [0.2, 0.25) is 0 Å². The third-order valence-corrected chi connectivity index (χ3v) is 6.82. The summed E-state index contributed by atoms with van der Waals surface area (Å²) in [5, 5.41) is 12.7. The van der Waals surface area contributed by atoms with Gasteiger partial charge in [0.2, 0.25) is 5.91 Å². The van der Waals surface area contributed by atoms with E-state index in [-0.39, 0.29) is 18.0 Å². The van der Waals surface area contributed by atoms with Crippen LogP contribution in [0, 0.1) is 0 Å². The van der Waals surface area contributed by atoms with E-state index in [2.05, 4.69) is 46.0 Å². The van der Waals surface area contributed by atoms with E-state index in [0.717, 1.165) is 46.6 Å². The van der Waals surface area contributed by atoms with Crippen molar-refractivity contribution < 1.29 is 4.79 Å². The molecule has 6 nitrogen and oxygen atoms in total. The number of fused-ring (bicyclic) bond motifs is 1. The molecule has 0 aliphatic heterocycles. The second-order valence-corrected chi connectivity index (χ2v) is 8.74. The minimum absolute atomic E-state index is 0.116. The summed E-state index contributed by atoms with van der Waals surface area (Å²) < 4.78 is 3.22. The molecule has 0 bridgehead atoms. The zero-order valence-corrected chi connectivity index (χ0v) is 17.6. The van der Waals surface area contributed by atoms with Gasteiger partial charge in [0.05, 0.1) is 28.1 Å². The molecule has 1 aliphatic carbocycles. The second kappa shape index (κ2) is 7.99. The first kappa shape index (κ1) is 18.9. The zero-order valence-electron chi connectivity index (χ0n) is 16.8. The maximum Gasteiger partial charge on any atom is 0.219 e. The number of hydrogen-bond donors (Lipinski definition) is 1. The number of amides is 1. The summed E-state index contributed by atoms with van der Waals surface area (Å²) in [4.78, 5) is 16.5. The third kappa shape index (κ3) is 3.61. The summed E-state index contributed by atoms with van der Waals surface area (Å²) in [6.07, 6.45) is 5.22. The Labute approximate surface area is 179 Å². The van der Waals surface area contributed by atoms with Gasteiger partial charge in [-0.05, 0) is 31.4 Å². The Bertz CT molecular complexity index is 1150. The fourth-order valence-electron chi connectivity index (χ4n) is 4.14. The molecular weight excluding hydrogens is 394 g/mol. The number of aromatic nitrogens is 4. The molecule has 7 heteroatoms. The molecule has 0 unspecified atom stereocenters. The number of carbonyl (C=O) groups is 1. The van der Waals surface area contributed by atoms with Crippen molar-refractivity contribution in [1.82, 2.24) is 25.3 Å². The van der Waals surface area contributed by atoms with Crippen LogP contribution in [0.4, 0.5) is 0 Å². The van der Waals surface area contributed by atoms with Crippen molar-refractivity contribution in [1.29, 1.82) is 0 Å². The fourth-order valence-corrected chi connectivity index (χ4v) is 5.11. The number of carbonyl (C=O) groups excluding carboxylic acids is 1. The van der Waals surface area contributed by atoms with Gasteiger partial charge in [-0.15, -0.1) is 16.4 Å². The number of nitrogens with zero attached hydrogens (tertiary/aromatic N) is 4. The maximum atomic E-state index is 11.7. The normalized spacial score (nSPS) is 18.7. The molecular formula is C23H23N5OS. The van der Waals surface area contributed by atoms with E-state index in [9.17, 15) is 4.79 Å². The predicted octanol–water partition coefficient (Wildman–Crippen LogP) is 4.84. The Morgan fingerprint density at radius 3 is 2.73 bits per heavy atom. The first-order valence-corrected chi connectivity index (χ1v) is 11.2. The molecule has 2 aromatic heterocycles. The highest BCUT2D eigenvalue weighted by molar-refractivity contribution is 7.21. The van der Waals surface area contributed by atoms with Crippen molar-refractivity contribution >= 4 is 27.5 Å². The molecule has 0 saturated heterocycles. The Morgan fingerprint density at radius 1 is 1.13 bits per heavy atom. The lowest BCUT2D eigenvalue weighted by atomic mass is 10.1. The second-order valence-electron chi connectivity index (χ2n) is 7.71. The van der Waals surface area contributed by atoms with Gasteiger partial charge >= 0.3 is 0 Å². The number of thiazole rings is 1. The zero-order chi connectivity index (χ0) is 20.5. The SMILES string of the molecule is CCC(=O)N[C@H]1CC[C@@H](n2nncc2-c2ccc(-c3nc4ccccc4s3)cc2)C1. The molecule has 4 aromatic rings. The predicted molar refractivity (Wildman–Crippen MR) is 119 cm³/mol. The summed E-state index contributed by atoms with van der Waals surface area (Å²) in [5.41, 5.74) is 4.25. The van der Waals surface area contributed by atoms with Crippen LogP contribution in [0.15, 0.2) is 54.7 Å². The van der Waals surface area contributed by atoms with Crippen LogP contribution in [0.25, 0.3) is 32.0 Å². The van der Waals surface area contributed by atoms with Crippen molar-refractivity contribution in [2.24, 2.45) is 0 Å². The van der Waals surface area contributed by atoms with E-state index >= 15 is 0 Å². The van der Waals surface area contributed by atoms with Crippen molar-refractivity contribution in [3.05, 3.63) is 54.7 Å². The number of hydrogen-bond acceptors (Lipinski definition) is 5. The number of nitrogens with one attached hydrogen (secondary N) is 1. The average Bonchev–Trinajstić information content (AvgIpc) is 3.52. The molecule has 2 heterocycles. The van der Waals surface area contributed by atoms with Gasteiger partial charge in [0.25, 0.3) is 0 Å². The van der Waals surface area contributed by atoms with Gasteiger partial charge in [0.15, 0.2) is 0 Å². The topological polar surface area (TPSA) is 72.7 Å². The van der Waals surface area contributed by atoms with E-state index in [1.54, 1.807) is 11.3 Å². The van der Waals surface area contributed by atoms with Gasteiger partial charge in [-0.25, -0.2) is 9.67 Å². The van der Waals surface area contributed by atoms with Crippen LogP contribution < -0.4 is 5.32 Å². The summed E-state index contributed by atoms with van der Waals surface area (Å²) >= 11 is 1.71. The van der Waals surface area contributed by atoms with Gasteiger partial charge in [-0.2, -0.15) is 0 Å². The highest BCUT2D eigenvalue weighted by Gasteiger charge is 2.29. The minimum atomic E-state index is 0.116. The number of para-hydroxylation sites is 1. The molecule has 2 aromatic carbocycles. The summed E-state index contributed by atoms with van der Waals surface area (Å²) in [7, 11) is 0. The van der Waals surface area contributed by atoms with Crippen LogP contribution in [-0.4, -0.2) is 31.9 Å². The maximum absolute atomic E-state index is 11.7. The van der Waals surface area contributed by atoms with E-state index in [1.807, 2.05) is 36.0 Å². The molecule has 1 fully saturated rings. The summed E-state index contributed by atoms with van der Waals surface area (Å²) in [5.74, 6) is 0.116. The Hall–Kier alpha value is -3.06. The summed E-state index contributed by atoms with van der Waals surface area (Å²) in [6, 6.07) is 17.1. The fraction of sp³-hybridized carbons (Fsp3) is 0.304. The van der Waals surface area contributed by atoms with Crippen molar-refractivity contribution in [3.63, 3.8) is 0 Å². The molecule has 1 aliphatic rings. The quantitative estimate of drug-likeness (QED) is 0.504. The van der Waals surface area contributed by atoms with Crippen molar-refractivity contribution in [2.45, 2.75) is 44.7 Å².